The molecule has 1 atom stereocenters. The number of hydrogen-bond acceptors (Lipinski definition) is 4. The van der Waals surface area contributed by atoms with E-state index in [2.05, 4.69) is 5.32 Å². The summed E-state index contributed by atoms with van der Waals surface area (Å²) in [4.78, 5) is 24.2. The lowest BCUT2D eigenvalue weighted by Gasteiger charge is -2.25. The zero-order chi connectivity index (χ0) is 21.3. The van der Waals surface area contributed by atoms with E-state index in [4.69, 9.17) is 9.84 Å². The second-order valence-electron chi connectivity index (χ2n) is 8.59. The molecule has 0 aliphatic heterocycles. The quantitative estimate of drug-likeness (QED) is 0.703. The van der Waals surface area contributed by atoms with Crippen molar-refractivity contribution in [3.63, 3.8) is 0 Å². The van der Waals surface area contributed by atoms with E-state index in [0.717, 1.165) is 51.4 Å². The SMILES string of the molecule is C[C@H](Oc1cn(C2CCCC2)c2cc(NC3CCCCC3)c(F)cc2c1=O)C(=O)O. The Morgan fingerprint density at radius 3 is 2.50 bits per heavy atom. The molecule has 0 saturated heterocycles. The third-order valence-electron chi connectivity index (χ3n) is 6.42. The third-order valence-corrected chi connectivity index (χ3v) is 6.42. The summed E-state index contributed by atoms with van der Waals surface area (Å²) in [7, 11) is 0. The fourth-order valence-corrected chi connectivity index (χ4v) is 4.73. The number of benzene rings is 1. The monoisotopic (exact) mass is 416 g/mol. The Morgan fingerprint density at radius 2 is 1.83 bits per heavy atom. The molecule has 0 spiro atoms. The largest absolute Gasteiger partial charge is 0.479 e. The molecule has 2 N–H and O–H groups in total. The number of anilines is 1. The molecule has 1 aromatic heterocycles. The Hall–Kier alpha value is -2.57. The molecule has 7 heteroatoms. The fraction of sp³-hybridized carbons (Fsp3) is 0.565. The van der Waals surface area contributed by atoms with Crippen LogP contribution in [0.1, 0.15) is 70.8 Å². The summed E-state index contributed by atoms with van der Waals surface area (Å²) in [6.45, 7) is 1.38. The average molecular weight is 416 g/mol. The van der Waals surface area contributed by atoms with Crippen LogP contribution in [-0.2, 0) is 4.79 Å². The Kier molecular flexibility index (Phi) is 5.97. The molecular formula is C23H29FN2O4. The van der Waals surface area contributed by atoms with Crippen molar-refractivity contribution in [3.8, 4) is 5.75 Å². The van der Waals surface area contributed by atoms with Gasteiger partial charge >= 0.3 is 5.97 Å². The lowest BCUT2D eigenvalue weighted by molar-refractivity contribution is -0.144. The van der Waals surface area contributed by atoms with Gasteiger partial charge in [0.05, 0.1) is 22.8 Å². The molecule has 30 heavy (non-hydrogen) atoms. The summed E-state index contributed by atoms with van der Waals surface area (Å²) in [5.74, 6) is -1.66. The number of carboxylic acid groups (broad SMARTS) is 1. The molecule has 6 nitrogen and oxygen atoms in total. The number of fused-ring (bicyclic) bond motifs is 1. The van der Waals surface area contributed by atoms with Crippen LogP contribution >= 0.6 is 0 Å². The topological polar surface area (TPSA) is 80.6 Å². The van der Waals surface area contributed by atoms with Gasteiger partial charge in [-0.2, -0.15) is 0 Å². The molecule has 2 aromatic rings. The van der Waals surface area contributed by atoms with Gasteiger partial charge in [0.2, 0.25) is 5.43 Å². The van der Waals surface area contributed by atoms with Crippen LogP contribution in [0, 0.1) is 5.82 Å². The number of aliphatic carboxylic acids is 1. The lowest BCUT2D eigenvalue weighted by Crippen LogP contribution is -2.27. The first-order valence-electron chi connectivity index (χ1n) is 11.0. The van der Waals surface area contributed by atoms with Gasteiger partial charge in [0.1, 0.15) is 5.82 Å². The van der Waals surface area contributed by atoms with Crippen LogP contribution in [0.15, 0.2) is 23.1 Å². The number of carbonyl (C=O) groups is 1. The fourth-order valence-electron chi connectivity index (χ4n) is 4.73. The zero-order valence-electron chi connectivity index (χ0n) is 17.3. The normalized spacial score (nSPS) is 19.1. The van der Waals surface area contributed by atoms with Crippen LogP contribution in [0.4, 0.5) is 10.1 Å². The molecule has 4 rings (SSSR count). The summed E-state index contributed by atoms with van der Waals surface area (Å²) in [5.41, 5.74) is 0.616. The van der Waals surface area contributed by atoms with Gasteiger partial charge in [-0.05, 0) is 44.7 Å². The molecule has 2 saturated carbocycles. The van der Waals surface area contributed by atoms with Crippen LogP contribution in [0.25, 0.3) is 10.9 Å². The Balaban J connectivity index is 1.80. The average Bonchev–Trinajstić information content (AvgIpc) is 3.26. The van der Waals surface area contributed by atoms with Crippen molar-refractivity contribution < 1.29 is 19.0 Å². The number of aromatic nitrogens is 1. The maximum atomic E-state index is 14.9. The number of carboxylic acids is 1. The van der Waals surface area contributed by atoms with Gasteiger partial charge in [-0.25, -0.2) is 9.18 Å². The van der Waals surface area contributed by atoms with Gasteiger partial charge < -0.3 is 19.7 Å². The van der Waals surface area contributed by atoms with E-state index in [1.165, 1.54) is 19.4 Å². The minimum absolute atomic E-state index is 0.0447. The van der Waals surface area contributed by atoms with E-state index < -0.39 is 23.3 Å². The van der Waals surface area contributed by atoms with E-state index in [9.17, 15) is 14.0 Å². The van der Waals surface area contributed by atoms with E-state index in [1.54, 1.807) is 12.3 Å². The summed E-state index contributed by atoms with van der Waals surface area (Å²) in [6.07, 6.45) is 10.1. The van der Waals surface area contributed by atoms with Crippen LogP contribution in [0.5, 0.6) is 5.75 Å². The second kappa shape index (κ2) is 8.66. The zero-order valence-corrected chi connectivity index (χ0v) is 17.3. The molecule has 1 aromatic carbocycles. The van der Waals surface area contributed by atoms with Crippen LogP contribution in [0.3, 0.4) is 0 Å². The van der Waals surface area contributed by atoms with Crippen molar-refractivity contribution in [1.82, 2.24) is 4.57 Å². The molecule has 0 bridgehead atoms. The molecule has 0 amide bonds. The van der Waals surface area contributed by atoms with Gasteiger partial charge in [0.15, 0.2) is 11.9 Å². The second-order valence-corrected chi connectivity index (χ2v) is 8.59. The smallest absolute Gasteiger partial charge is 0.344 e. The van der Waals surface area contributed by atoms with Crippen molar-refractivity contribution in [1.29, 1.82) is 0 Å². The molecular weight excluding hydrogens is 387 g/mol. The number of rotatable bonds is 6. The van der Waals surface area contributed by atoms with Crippen LogP contribution in [-0.4, -0.2) is 27.8 Å². The van der Waals surface area contributed by atoms with E-state index >= 15 is 0 Å². The molecule has 162 valence electrons. The highest BCUT2D eigenvalue weighted by Crippen LogP contribution is 2.34. The van der Waals surface area contributed by atoms with E-state index in [1.807, 2.05) is 4.57 Å². The highest BCUT2D eigenvalue weighted by Gasteiger charge is 2.24. The van der Waals surface area contributed by atoms with E-state index in [0.29, 0.717) is 11.2 Å². The van der Waals surface area contributed by atoms with Gasteiger partial charge in [0.25, 0.3) is 0 Å². The lowest BCUT2D eigenvalue weighted by atomic mass is 9.95. The Morgan fingerprint density at radius 1 is 1.17 bits per heavy atom. The predicted octanol–water partition coefficient (Wildman–Crippen LogP) is 4.85. The highest BCUT2D eigenvalue weighted by atomic mass is 19.1. The molecule has 1 heterocycles. The minimum atomic E-state index is -1.16. The molecule has 2 aliphatic carbocycles. The summed E-state index contributed by atoms with van der Waals surface area (Å²) >= 11 is 0. The first-order chi connectivity index (χ1) is 14.4. The number of pyridine rings is 1. The third kappa shape index (κ3) is 4.16. The van der Waals surface area contributed by atoms with Crippen molar-refractivity contribution in [2.45, 2.75) is 82.9 Å². The van der Waals surface area contributed by atoms with Gasteiger partial charge in [0, 0.05) is 12.1 Å². The standard InChI is InChI=1S/C23H29FN2O4/c1-14(23(28)29)30-21-13-26(16-9-5-6-10-16)20-12-19(18(24)11-17(20)22(21)27)25-15-7-3-2-4-8-15/h11-16,25H,2-10H2,1H3,(H,28,29)/t14-/m0/s1. The Bertz CT molecular complexity index is 991. The number of nitrogens with one attached hydrogen (secondary N) is 1. The van der Waals surface area contributed by atoms with Crippen LogP contribution in [0.2, 0.25) is 0 Å². The van der Waals surface area contributed by atoms with Gasteiger partial charge in [-0.15, -0.1) is 0 Å². The molecule has 2 aliphatic rings. The number of nitrogens with zero attached hydrogens (tertiary/aromatic N) is 1. The van der Waals surface area contributed by atoms with Gasteiger partial charge in [-0.3, -0.25) is 4.79 Å². The van der Waals surface area contributed by atoms with Crippen molar-refractivity contribution in [3.05, 3.63) is 34.4 Å². The molecule has 0 unspecified atom stereocenters. The number of ether oxygens (including phenoxy) is 1. The molecule has 2 fully saturated rings. The van der Waals surface area contributed by atoms with Crippen LogP contribution < -0.4 is 15.5 Å². The first kappa shape index (κ1) is 20.7. The van der Waals surface area contributed by atoms with Crippen molar-refractivity contribution in [2.75, 3.05) is 5.32 Å². The maximum absolute atomic E-state index is 14.9. The summed E-state index contributed by atoms with van der Waals surface area (Å²) in [6, 6.07) is 3.44. The number of hydrogen-bond donors (Lipinski definition) is 2. The van der Waals surface area contributed by atoms with Gasteiger partial charge in [-0.1, -0.05) is 32.1 Å². The first-order valence-corrected chi connectivity index (χ1v) is 11.0. The Labute approximate surface area is 175 Å². The predicted molar refractivity (Wildman–Crippen MR) is 114 cm³/mol. The highest BCUT2D eigenvalue weighted by molar-refractivity contribution is 5.84. The van der Waals surface area contributed by atoms with E-state index in [-0.39, 0.29) is 23.2 Å². The van der Waals surface area contributed by atoms with Crippen molar-refractivity contribution >= 4 is 22.6 Å². The minimum Gasteiger partial charge on any atom is -0.479 e. The summed E-state index contributed by atoms with van der Waals surface area (Å²) < 4.78 is 22.4. The number of halogens is 1. The summed E-state index contributed by atoms with van der Waals surface area (Å²) in [5, 5.41) is 12.7. The van der Waals surface area contributed by atoms with Crippen molar-refractivity contribution in [2.24, 2.45) is 0 Å². The molecule has 0 radical (unpaired) electrons. The maximum Gasteiger partial charge on any atom is 0.344 e.